The number of rotatable bonds is 9. The molecule has 1 heteroatoms. The molecule has 15 heavy (non-hydrogen) atoms. The summed E-state index contributed by atoms with van der Waals surface area (Å²) >= 11 is 0. The molecule has 2 unspecified atom stereocenters. The average Bonchev–Trinajstić information content (AvgIpc) is 2.14. The van der Waals surface area contributed by atoms with Crippen LogP contribution in [0.5, 0.6) is 0 Å². The van der Waals surface area contributed by atoms with E-state index in [2.05, 4.69) is 36.9 Å². The van der Waals surface area contributed by atoms with Crippen molar-refractivity contribution < 1.29 is 0 Å². The van der Waals surface area contributed by atoms with Crippen molar-refractivity contribution in [2.24, 2.45) is 5.92 Å². The Balaban J connectivity index is 3.24. The van der Waals surface area contributed by atoms with Gasteiger partial charge in [0.15, 0.2) is 0 Å². The zero-order chi connectivity index (χ0) is 11.7. The third kappa shape index (κ3) is 9.36. The first-order chi connectivity index (χ1) is 6.98. The van der Waals surface area contributed by atoms with Gasteiger partial charge in [0.1, 0.15) is 0 Å². The number of unbranched alkanes of at least 4 members (excludes halogenated alkanes) is 6. The van der Waals surface area contributed by atoms with Crippen LogP contribution >= 0.6 is 9.24 Å². The summed E-state index contributed by atoms with van der Waals surface area (Å²) in [6, 6.07) is 0. The van der Waals surface area contributed by atoms with Gasteiger partial charge in [-0.15, -0.1) is 9.24 Å². The van der Waals surface area contributed by atoms with Gasteiger partial charge in [-0.3, -0.25) is 0 Å². The molecule has 92 valence electrons. The fourth-order valence-electron chi connectivity index (χ4n) is 1.78. The third-order valence-corrected chi connectivity index (χ3v) is 4.08. The summed E-state index contributed by atoms with van der Waals surface area (Å²) in [7, 11) is 2.98. The van der Waals surface area contributed by atoms with Crippen molar-refractivity contribution in [2.75, 3.05) is 0 Å². The molecule has 0 saturated carbocycles. The molecule has 0 aromatic rings. The fraction of sp³-hybridized carbons (Fsp3) is 1.00. The molecule has 0 aliphatic heterocycles. The molecule has 0 amide bonds. The van der Waals surface area contributed by atoms with E-state index in [4.69, 9.17) is 0 Å². The average molecular weight is 230 g/mol. The maximum absolute atomic E-state index is 2.98. The normalized spacial score (nSPS) is 14.2. The molecule has 0 aliphatic carbocycles. The minimum absolute atomic E-state index is 0.419. The summed E-state index contributed by atoms with van der Waals surface area (Å²) in [5, 5.41) is 0.419. The Hall–Kier alpha value is 0.430. The molecule has 0 fully saturated rings. The molecule has 0 saturated heterocycles. The largest absolute Gasteiger partial charge is 0.131 e. The van der Waals surface area contributed by atoms with Crippen LogP contribution in [-0.4, -0.2) is 5.16 Å². The lowest BCUT2D eigenvalue weighted by Crippen LogP contribution is -2.20. The van der Waals surface area contributed by atoms with E-state index in [-0.39, 0.29) is 0 Å². The molecule has 0 spiro atoms. The van der Waals surface area contributed by atoms with E-state index in [1.54, 1.807) is 0 Å². The highest BCUT2D eigenvalue weighted by Crippen LogP contribution is 2.30. The van der Waals surface area contributed by atoms with E-state index in [0.717, 1.165) is 5.92 Å². The van der Waals surface area contributed by atoms with Gasteiger partial charge in [-0.2, -0.15) is 0 Å². The molecule has 0 aliphatic rings. The van der Waals surface area contributed by atoms with Crippen LogP contribution < -0.4 is 0 Å². The highest BCUT2D eigenvalue weighted by molar-refractivity contribution is 7.18. The maximum Gasteiger partial charge on any atom is -0.0181 e. The molecule has 0 bridgehead atoms. The predicted molar refractivity (Wildman–Crippen MR) is 75.6 cm³/mol. The second-order valence-corrected chi connectivity index (χ2v) is 7.12. The van der Waals surface area contributed by atoms with Crippen LogP contribution in [0.2, 0.25) is 0 Å². The Bertz CT molecular complexity index is 135. The quantitative estimate of drug-likeness (QED) is 0.366. The first kappa shape index (κ1) is 15.4. The van der Waals surface area contributed by atoms with Crippen LogP contribution in [0.3, 0.4) is 0 Å². The van der Waals surface area contributed by atoms with Crippen molar-refractivity contribution in [3.8, 4) is 0 Å². The van der Waals surface area contributed by atoms with Gasteiger partial charge in [0.05, 0.1) is 0 Å². The van der Waals surface area contributed by atoms with Crippen LogP contribution in [-0.2, 0) is 0 Å². The molecule has 0 heterocycles. The Morgan fingerprint density at radius 1 is 0.933 bits per heavy atom. The second kappa shape index (κ2) is 8.57. The highest BCUT2D eigenvalue weighted by atomic mass is 31.0. The first-order valence-corrected chi connectivity index (χ1v) is 7.35. The predicted octanol–water partition coefficient (Wildman–Crippen LogP) is 5.42. The smallest absolute Gasteiger partial charge is 0.0181 e. The van der Waals surface area contributed by atoms with Gasteiger partial charge in [0, 0.05) is 0 Å². The Morgan fingerprint density at radius 2 is 1.40 bits per heavy atom. The monoisotopic (exact) mass is 230 g/mol. The number of hydrogen-bond acceptors (Lipinski definition) is 0. The second-order valence-electron chi connectivity index (χ2n) is 5.63. The molecular formula is C14H31P. The summed E-state index contributed by atoms with van der Waals surface area (Å²) in [5.74, 6) is 0.832. The maximum atomic E-state index is 2.98. The van der Waals surface area contributed by atoms with Gasteiger partial charge >= 0.3 is 0 Å². The molecule has 2 atom stereocenters. The summed E-state index contributed by atoms with van der Waals surface area (Å²) in [4.78, 5) is 0. The minimum atomic E-state index is 0.419. The van der Waals surface area contributed by atoms with Crippen molar-refractivity contribution in [3.63, 3.8) is 0 Å². The lowest BCUT2D eigenvalue weighted by Gasteiger charge is -2.26. The van der Waals surface area contributed by atoms with Gasteiger partial charge in [0.2, 0.25) is 0 Å². The van der Waals surface area contributed by atoms with Gasteiger partial charge < -0.3 is 0 Å². The Kier molecular flexibility index (Phi) is 8.81. The molecular weight excluding hydrogens is 199 g/mol. The van der Waals surface area contributed by atoms with E-state index in [0.29, 0.717) is 5.16 Å². The molecule has 0 radical (unpaired) electrons. The van der Waals surface area contributed by atoms with Crippen molar-refractivity contribution in [2.45, 2.75) is 84.2 Å². The lowest BCUT2D eigenvalue weighted by molar-refractivity contribution is 0.406. The van der Waals surface area contributed by atoms with Crippen molar-refractivity contribution in [1.82, 2.24) is 0 Å². The van der Waals surface area contributed by atoms with Gasteiger partial charge in [-0.25, -0.2) is 0 Å². The Morgan fingerprint density at radius 3 is 1.87 bits per heavy atom. The first-order valence-electron chi connectivity index (χ1n) is 6.77. The molecule has 0 nitrogen and oxygen atoms in total. The van der Waals surface area contributed by atoms with Gasteiger partial charge in [-0.1, -0.05) is 72.6 Å². The van der Waals surface area contributed by atoms with Gasteiger partial charge in [-0.05, 0) is 17.5 Å². The van der Waals surface area contributed by atoms with E-state index in [1.807, 2.05) is 0 Å². The topological polar surface area (TPSA) is 0 Å². The van der Waals surface area contributed by atoms with E-state index in [9.17, 15) is 0 Å². The molecule has 0 N–H and O–H groups in total. The van der Waals surface area contributed by atoms with E-state index in [1.165, 1.54) is 51.4 Å². The minimum Gasteiger partial charge on any atom is -0.131 e. The molecule has 0 aromatic carbocycles. The molecule has 0 aromatic heterocycles. The van der Waals surface area contributed by atoms with Crippen molar-refractivity contribution in [1.29, 1.82) is 0 Å². The third-order valence-electron chi connectivity index (χ3n) is 3.51. The van der Waals surface area contributed by atoms with Crippen LogP contribution in [0.4, 0.5) is 0 Å². The Labute approximate surface area is 99.8 Å². The summed E-state index contributed by atoms with van der Waals surface area (Å²) in [6.07, 6.45) is 11.4. The zero-order valence-corrected chi connectivity index (χ0v) is 12.5. The SMILES string of the molecule is CCCCCCCCCC(C)C(C)(C)P. The van der Waals surface area contributed by atoms with E-state index >= 15 is 0 Å². The van der Waals surface area contributed by atoms with Gasteiger partial charge in [0.25, 0.3) is 0 Å². The van der Waals surface area contributed by atoms with Crippen LogP contribution in [0.15, 0.2) is 0 Å². The van der Waals surface area contributed by atoms with Crippen molar-refractivity contribution in [3.05, 3.63) is 0 Å². The zero-order valence-electron chi connectivity index (χ0n) is 11.3. The summed E-state index contributed by atoms with van der Waals surface area (Å²) in [5.41, 5.74) is 0. The van der Waals surface area contributed by atoms with Crippen LogP contribution in [0.25, 0.3) is 0 Å². The number of hydrogen-bond donors (Lipinski definition) is 0. The fourth-order valence-corrected chi connectivity index (χ4v) is 1.95. The summed E-state index contributed by atoms with van der Waals surface area (Å²) in [6.45, 7) is 9.31. The lowest BCUT2D eigenvalue weighted by atomic mass is 9.91. The summed E-state index contributed by atoms with van der Waals surface area (Å²) < 4.78 is 0. The van der Waals surface area contributed by atoms with Crippen LogP contribution in [0.1, 0.15) is 79.1 Å². The highest BCUT2D eigenvalue weighted by Gasteiger charge is 2.19. The van der Waals surface area contributed by atoms with Crippen molar-refractivity contribution >= 4 is 9.24 Å². The molecule has 0 rings (SSSR count). The van der Waals surface area contributed by atoms with Crippen LogP contribution in [0, 0.1) is 5.92 Å². The van der Waals surface area contributed by atoms with E-state index < -0.39 is 0 Å². The standard InChI is InChI=1S/C14H31P/c1-5-6-7-8-9-10-11-12-13(2)14(3,4)15/h13H,5-12,15H2,1-4H3.